The number of benzene rings is 1. The molecule has 0 atom stereocenters. The van der Waals surface area contributed by atoms with Crippen molar-refractivity contribution in [3.8, 4) is 0 Å². The highest BCUT2D eigenvalue weighted by atomic mass is 35.5. The fourth-order valence-electron chi connectivity index (χ4n) is 1.46. The molecule has 0 aliphatic heterocycles. The zero-order valence-electron chi connectivity index (χ0n) is 10.0. The summed E-state index contributed by atoms with van der Waals surface area (Å²) in [4.78, 5) is 0. The monoisotopic (exact) mass is 237 g/mol. The number of rotatable bonds is 6. The van der Waals surface area contributed by atoms with Crippen LogP contribution in [0.2, 0.25) is 5.02 Å². The summed E-state index contributed by atoms with van der Waals surface area (Å²) < 4.78 is 0. The molecule has 1 N–H and O–H groups in total. The SMILES string of the molecule is CC(C)NCCC=CCc1cccc(Cl)c1. The van der Waals surface area contributed by atoms with Gasteiger partial charge in [-0.1, -0.05) is 49.7 Å². The summed E-state index contributed by atoms with van der Waals surface area (Å²) in [6.45, 7) is 5.37. The predicted molar refractivity (Wildman–Crippen MR) is 72.1 cm³/mol. The van der Waals surface area contributed by atoms with Crippen LogP contribution < -0.4 is 5.32 Å². The first-order valence-electron chi connectivity index (χ1n) is 5.81. The standard InChI is InChI=1S/C14H20ClN/c1-12(2)16-10-5-3-4-7-13-8-6-9-14(15)11-13/h3-4,6,8-9,11-12,16H,5,7,10H2,1-2H3. The van der Waals surface area contributed by atoms with E-state index in [2.05, 4.69) is 37.4 Å². The summed E-state index contributed by atoms with van der Waals surface area (Å²) in [5, 5.41) is 4.19. The lowest BCUT2D eigenvalue weighted by Crippen LogP contribution is -2.23. The van der Waals surface area contributed by atoms with Gasteiger partial charge in [0.15, 0.2) is 0 Å². The van der Waals surface area contributed by atoms with E-state index in [1.165, 1.54) is 5.56 Å². The molecule has 1 rings (SSSR count). The minimum absolute atomic E-state index is 0.571. The Kier molecular flexibility index (Phi) is 6.20. The topological polar surface area (TPSA) is 12.0 Å². The Bertz CT molecular complexity index is 331. The molecular weight excluding hydrogens is 218 g/mol. The number of hydrogen-bond donors (Lipinski definition) is 1. The van der Waals surface area contributed by atoms with Gasteiger partial charge in [0.05, 0.1) is 0 Å². The van der Waals surface area contributed by atoms with Gasteiger partial charge in [-0.3, -0.25) is 0 Å². The molecule has 1 nitrogen and oxygen atoms in total. The highest BCUT2D eigenvalue weighted by molar-refractivity contribution is 6.30. The molecule has 0 fully saturated rings. The molecule has 0 saturated heterocycles. The minimum atomic E-state index is 0.571. The summed E-state index contributed by atoms with van der Waals surface area (Å²) in [6.07, 6.45) is 6.46. The smallest absolute Gasteiger partial charge is 0.0408 e. The van der Waals surface area contributed by atoms with Crippen LogP contribution in [-0.2, 0) is 6.42 Å². The van der Waals surface area contributed by atoms with Crippen LogP contribution in [0.5, 0.6) is 0 Å². The third-order valence-corrected chi connectivity index (χ3v) is 2.51. The summed E-state index contributed by atoms with van der Waals surface area (Å²) in [5.74, 6) is 0. The highest BCUT2D eigenvalue weighted by Gasteiger charge is 1.91. The lowest BCUT2D eigenvalue weighted by Gasteiger charge is -2.04. The Balaban J connectivity index is 2.21. The minimum Gasteiger partial charge on any atom is -0.314 e. The molecule has 0 saturated carbocycles. The molecule has 0 aliphatic rings. The van der Waals surface area contributed by atoms with Crippen LogP contribution in [0, 0.1) is 0 Å². The zero-order valence-corrected chi connectivity index (χ0v) is 10.8. The van der Waals surface area contributed by atoms with Crippen LogP contribution in [-0.4, -0.2) is 12.6 Å². The summed E-state index contributed by atoms with van der Waals surface area (Å²) >= 11 is 5.91. The number of allylic oxidation sites excluding steroid dienone is 1. The second kappa shape index (κ2) is 7.48. The van der Waals surface area contributed by atoms with Gasteiger partial charge in [0.2, 0.25) is 0 Å². The molecule has 1 aromatic rings. The molecule has 0 bridgehead atoms. The number of halogens is 1. The first-order chi connectivity index (χ1) is 7.68. The Labute approximate surface area is 104 Å². The Morgan fingerprint density at radius 3 is 2.81 bits per heavy atom. The third-order valence-electron chi connectivity index (χ3n) is 2.27. The predicted octanol–water partition coefficient (Wildman–Crippen LogP) is 3.83. The van der Waals surface area contributed by atoms with Gasteiger partial charge >= 0.3 is 0 Å². The van der Waals surface area contributed by atoms with Gasteiger partial charge in [-0.15, -0.1) is 0 Å². The number of nitrogens with one attached hydrogen (secondary N) is 1. The van der Waals surface area contributed by atoms with Crippen molar-refractivity contribution in [3.05, 3.63) is 47.0 Å². The maximum atomic E-state index is 5.91. The zero-order chi connectivity index (χ0) is 11.8. The summed E-state index contributed by atoms with van der Waals surface area (Å²) in [5.41, 5.74) is 1.26. The molecule has 0 heterocycles. The van der Waals surface area contributed by atoms with Crippen LogP contribution in [0.3, 0.4) is 0 Å². The van der Waals surface area contributed by atoms with Crippen molar-refractivity contribution in [2.24, 2.45) is 0 Å². The lowest BCUT2D eigenvalue weighted by molar-refractivity contribution is 0.594. The van der Waals surface area contributed by atoms with Gasteiger partial charge in [-0.25, -0.2) is 0 Å². The third kappa shape index (κ3) is 5.94. The first-order valence-corrected chi connectivity index (χ1v) is 6.19. The Hall–Kier alpha value is -0.790. The van der Waals surface area contributed by atoms with E-state index in [1.807, 2.05) is 18.2 Å². The van der Waals surface area contributed by atoms with Crippen molar-refractivity contribution >= 4 is 11.6 Å². The van der Waals surface area contributed by atoms with E-state index < -0.39 is 0 Å². The van der Waals surface area contributed by atoms with Gasteiger partial charge in [0.1, 0.15) is 0 Å². The van der Waals surface area contributed by atoms with E-state index in [1.54, 1.807) is 0 Å². The maximum Gasteiger partial charge on any atom is 0.0408 e. The van der Waals surface area contributed by atoms with E-state index >= 15 is 0 Å². The fourth-order valence-corrected chi connectivity index (χ4v) is 1.67. The van der Waals surface area contributed by atoms with E-state index in [9.17, 15) is 0 Å². The Morgan fingerprint density at radius 2 is 2.12 bits per heavy atom. The summed E-state index contributed by atoms with van der Waals surface area (Å²) in [6, 6.07) is 8.58. The molecule has 0 unspecified atom stereocenters. The van der Waals surface area contributed by atoms with Crippen LogP contribution in [0.4, 0.5) is 0 Å². The molecule has 0 aliphatic carbocycles. The van der Waals surface area contributed by atoms with Crippen molar-refractivity contribution in [3.63, 3.8) is 0 Å². The first kappa shape index (κ1) is 13.3. The van der Waals surface area contributed by atoms with Crippen LogP contribution in [0.15, 0.2) is 36.4 Å². The molecule has 1 aromatic carbocycles. The van der Waals surface area contributed by atoms with Crippen molar-refractivity contribution in [1.29, 1.82) is 0 Å². The molecule has 0 radical (unpaired) electrons. The molecule has 0 spiro atoms. The lowest BCUT2D eigenvalue weighted by atomic mass is 10.1. The van der Waals surface area contributed by atoms with Gasteiger partial charge in [0, 0.05) is 11.1 Å². The van der Waals surface area contributed by atoms with Gasteiger partial charge in [-0.05, 0) is 37.1 Å². The average Bonchev–Trinajstić information content (AvgIpc) is 2.23. The summed E-state index contributed by atoms with van der Waals surface area (Å²) in [7, 11) is 0. The second-order valence-electron chi connectivity index (χ2n) is 4.20. The van der Waals surface area contributed by atoms with Crippen LogP contribution in [0.1, 0.15) is 25.8 Å². The fraction of sp³-hybridized carbons (Fsp3) is 0.429. The van der Waals surface area contributed by atoms with Crippen LogP contribution >= 0.6 is 11.6 Å². The van der Waals surface area contributed by atoms with Crippen molar-refractivity contribution in [1.82, 2.24) is 5.32 Å². The molecule has 0 aromatic heterocycles. The quantitative estimate of drug-likeness (QED) is 0.586. The molecule has 88 valence electrons. The molecule has 0 amide bonds. The molecule has 16 heavy (non-hydrogen) atoms. The van der Waals surface area contributed by atoms with Crippen molar-refractivity contribution in [2.45, 2.75) is 32.7 Å². The van der Waals surface area contributed by atoms with Crippen molar-refractivity contribution < 1.29 is 0 Å². The number of hydrogen-bond acceptors (Lipinski definition) is 1. The van der Waals surface area contributed by atoms with E-state index in [-0.39, 0.29) is 0 Å². The maximum absolute atomic E-state index is 5.91. The van der Waals surface area contributed by atoms with Gasteiger partial charge < -0.3 is 5.32 Å². The van der Waals surface area contributed by atoms with E-state index in [0.29, 0.717) is 6.04 Å². The molecular formula is C14H20ClN. The van der Waals surface area contributed by atoms with E-state index in [0.717, 1.165) is 24.4 Å². The van der Waals surface area contributed by atoms with Crippen LogP contribution in [0.25, 0.3) is 0 Å². The van der Waals surface area contributed by atoms with E-state index in [4.69, 9.17) is 11.6 Å². The average molecular weight is 238 g/mol. The van der Waals surface area contributed by atoms with Gasteiger partial charge in [-0.2, -0.15) is 0 Å². The molecule has 2 heteroatoms. The second-order valence-corrected chi connectivity index (χ2v) is 4.64. The van der Waals surface area contributed by atoms with Crippen molar-refractivity contribution in [2.75, 3.05) is 6.54 Å². The van der Waals surface area contributed by atoms with Gasteiger partial charge in [0.25, 0.3) is 0 Å². The Morgan fingerprint density at radius 1 is 1.31 bits per heavy atom. The largest absolute Gasteiger partial charge is 0.314 e. The normalized spacial score (nSPS) is 11.5. The highest BCUT2D eigenvalue weighted by Crippen LogP contribution is 2.11.